The van der Waals surface area contributed by atoms with Crippen molar-refractivity contribution >= 4 is 5.91 Å². The number of carbonyl (C=O) groups is 1. The highest BCUT2D eigenvalue weighted by Gasteiger charge is 2.35. The molecule has 0 aromatic rings. The molecule has 1 aliphatic rings. The minimum absolute atomic E-state index is 0.128. The van der Waals surface area contributed by atoms with E-state index in [1.807, 2.05) is 20.8 Å². The molecule has 0 spiro atoms. The van der Waals surface area contributed by atoms with Crippen LogP contribution in [0, 0.1) is 0 Å². The lowest BCUT2D eigenvalue weighted by molar-refractivity contribution is -0.125. The maximum Gasteiger partial charge on any atom is 0.234 e. The van der Waals surface area contributed by atoms with Crippen molar-refractivity contribution in [1.29, 1.82) is 0 Å². The monoisotopic (exact) mass is 327 g/mol. The summed E-state index contributed by atoms with van der Waals surface area (Å²) >= 11 is 0. The van der Waals surface area contributed by atoms with Gasteiger partial charge in [0.2, 0.25) is 5.91 Å². The lowest BCUT2D eigenvalue weighted by atomic mass is 9.99. The van der Waals surface area contributed by atoms with E-state index in [4.69, 9.17) is 0 Å². The summed E-state index contributed by atoms with van der Waals surface area (Å²) < 4.78 is 0. The summed E-state index contributed by atoms with van der Waals surface area (Å²) in [5, 5.41) is 13.2. The Kier molecular flexibility index (Phi) is 7.98. The summed E-state index contributed by atoms with van der Waals surface area (Å²) in [6, 6.07) is 1.02. The van der Waals surface area contributed by atoms with Crippen molar-refractivity contribution in [2.45, 2.75) is 84.5 Å². The van der Waals surface area contributed by atoms with Crippen molar-refractivity contribution in [3.8, 4) is 0 Å². The first-order chi connectivity index (χ1) is 10.7. The van der Waals surface area contributed by atoms with Gasteiger partial charge in [-0.05, 0) is 40.0 Å². The Morgan fingerprint density at radius 1 is 1.17 bits per heavy atom. The number of hydrogen-bond acceptors (Lipinski definition) is 4. The van der Waals surface area contributed by atoms with Gasteiger partial charge in [-0.3, -0.25) is 14.6 Å². The van der Waals surface area contributed by atoms with E-state index in [2.05, 4.69) is 35.9 Å². The third kappa shape index (κ3) is 6.77. The molecule has 1 aliphatic heterocycles. The lowest BCUT2D eigenvalue weighted by Crippen LogP contribution is -2.61. The van der Waals surface area contributed by atoms with E-state index in [1.54, 1.807) is 0 Å². The van der Waals surface area contributed by atoms with Gasteiger partial charge in [-0.1, -0.05) is 20.8 Å². The Morgan fingerprint density at radius 3 is 2.17 bits per heavy atom. The second-order valence-corrected chi connectivity index (χ2v) is 7.67. The quantitative estimate of drug-likeness (QED) is 0.714. The summed E-state index contributed by atoms with van der Waals surface area (Å²) in [5.41, 5.74) is -0.679. The first kappa shape index (κ1) is 20.4. The lowest BCUT2D eigenvalue weighted by Gasteiger charge is -2.47. The molecule has 23 heavy (non-hydrogen) atoms. The van der Waals surface area contributed by atoms with E-state index in [1.165, 1.54) is 0 Å². The Morgan fingerprint density at radius 2 is 1.70 bits per heavy atom. The van der Waals surface area contributed by atoms with Crippen LogP contribution in [0.4, 0.5) is 0 Å². The Balaban J connectivity index is 2.70. The van der Waals surface area contributed by atoms with Gasteiger partial charge in [0.1, 0.15) is 0 Å². The number of piperazine rings is 1. The molecule has 136 valence electrons. The van der Waals surface area contributed by atoms with Gasteiger partial charge in [0, 0.05) is 37.8 Å². The van der Waals surface area contributed by atoms with Crippen LogP contribution >= 0.6 is 0 Å². The second-order valence-electron chi connectivity index (χ2n) is 7.67. The number of rotatable bonds is 8. The zero-order valence-electron chi connectivity index (χ0n) is 15.9. The van der Waals surface area contributed by atoms with Crippen LogP contribution in [0.2, 0.25) is 0 Å². The smallest absolute Gasteiger partial charge is 0.234 e. The fourth-order valence-electron chi connectivity index (χ4n) is 3.34. The molecule has 0 bridgehead atoms. The predicted molar refractivity (Wildman–Crippen MR) is 95.5 cm³/mol. The third-order valence-electron chi connectivity index (χ3n) is 4.82. The molecule has 0 aromatic heterocycles. The molecule has 0 aliphatic carbocycles. The molecule has 0 aromatic carbocycles. The molecule has 0 unspecified atom stereocenters. The fourth-order valence-corrected chi connectivity index (χ4v) is 3.34. The number of carbonyl (C=O) groups excluding carboxylic acids is 1. The van der Waals surface area contributed by atoms with E-state index < -0.39 is 5.60 Å². The number of amides is 1. The van der Waals surface area contributed by atoms with Crippen molar-refractivity contribution in [2.24, 2.45) is 0 Å². The second kappa shape index (κ2) is 9.00. The molecule has 1 fully saturated rings. The predicted octanol–water partition coefficient (Wildman–Crippen LogP) is 1.85. The van der Waals surface area contributed by atoms with Crippen molar-refractivity contribution in [3.63, 3.8) is 0 Å². The van der Waals surface area contributed by atoms with Gasteiger partial charge in [0.05, 0.1) is 12.1 Å². The Bertz CT molecular complexity index is 368. The number of β-amino-alcohol motifs (C(OH)–C–C–N with tert-alkyl or cyclic N) is 1. The zero-order valence-corrected chi connectivity index (χ0v) is 15.9. The number of nitrogens with zero attached hydrogens (tertiary/aromatic N) is 2. The van der Waals surface area contributed by atoms with Crippen molar-refractivity contribution in [3.05, 3.63) is 0 Å². The minimum atomic E-state index is -0.679. The van der Waals surface area contributed by atoms with Gasteiger partial charge < -0.3 is 10.4 Å². The van der Waals surface area contributed by atoms with E-state index >= 15 is 0 Å². The molecule has 3 atom stereocenters. The average Bonchev–Trinajstić information content (AvgIpc) is 2.46. The van der Waals surface area contributed by atoms with Crippen LogP contribution in [0.15, 0.2) is 0 Å². The minimum Gasteiger partial charge on any atom is -0.389 e. The first-order valence-corrected chi connectivity index (χ1v) is 9.19. The van der Waals surface area contributed by atoms with Crippen molar-refractivity contribution in [1.82, 2.24) is 15.1 Å². The van der Waals surface area contributed by atoms with Gasteiger partial charge in [0.15, 0.2) is 0 Å². The molecule has 0 saturated carbocycles. The van der Waals surface area contributed by atoms with Gasteiger partial charge >= 0.3 is 0 Å². The third-order valence-corrected chi connectivity index (χ3v) is 4.82. The normalized spacial score (nSPS) is 25.3. The number of nitrogens with one attached hydrogen (secondary N) is 1. The topological polar surface area (TPSA) is 55.8 Å². The molecule has 1 saturated heterocycles. The summed E-state index contributed by atoms with van der Waals surface area (Å²) in [4.78, 5) is 17.0. The molecule has 5 heteroatoms. The maximum absolute atomic E-state index is 12.2. The largest absolute Gasteiger partial charge is 0.389 e. The van der Waals surface area contributed by atoms with E-state index in [-0.39, 0.29) is 11.9 Å². The highest BCUT2D eigenvalue weighted by molar-refractivity contribution is 5.78. The maximum atomic E-state index is 12.2. The SMILES string of the molecule is CC[C@@H]1CN(CC(C)(C)O)[C@H](CC)CN1CC(=O)N[C@@H](C)CC. The standard InChI is InChI=1S/C18H37N3O2/c1-7-14(4)19-17(22)12-20-10-16(9-3)21(11-15(20)8-2)13-18(5,6)23/h14-16,23H,7-13H2,1-6H3,(H,19,22)/t14-,15+,16+/m0/s1. The van der Waals surface area contributed by atoms with Crippen molar-refractivity contribution in [2.75, 3.05) is 26.2 Å². The molecule has 5 nitrogen and oxygen atoms in total. The first-order valence-electron chi connectivity index (χ1n) is 9.19. The molecule has 1 amide bonds. The molecule has 1 heterocycles. The summed E-state index contributed by atoms with van der Waals surface area (Å²) in [7, 11) is 0. The highest BCUT2D eigenvalue weighted by Crippen LogP contribution is 2.21. The highest BCUT2D eigenvalue weighted by atomic mass is 16.3. The summed E-state index contributed by atoms with van der Waals surface area (Å²) in [6.07, 6.45) is 3.02. The van der Waals surface area contributed by atoms with Crippen LogP contribution < -0.4 is 5.32 Å². The van der Waals surface area contributed by atoms with Crippen LogP contribution in [0.1, 0.15) is 60.8 Å². The summed E-state index contributed by atoms with van der Waals surface area (Å²) in [6.45, 7) is 15.2. The Labute approximate surface area is 142 Å². The number of aliphatic hydroxyl groups is 1. The van der Waals surface area contributed by atoms with Gasteiger partial charge in [-0.25, -0.2) is 0 Å². The zero-order chi connectivity index (χ0) is 17.6. The van der Waals surface area contributed by atoms with Crippen LogP contribution in [0.25, 0.3) is 0 Å². The number of hydrogen-bond donors (Lipinski definition) is 2. The van der Waals surface area contributed by atoms with Crippen molar-refractivity contribution < 1.29 is 9.90 Å². The Hall–Kier alpha value is -0.650. The molecular formula is C18H37N3O2. The van der Waals surface area contributed by atoms with Crippen LogP contribution in [-0.2, 0) is 4.79 Å². The summed E-state index contributed by atoms with van der Waals surface area (Å²) in [5.74, 6) is 0.128. The van der Waals surface area contributed by atoms with Crippen LogP contribution in [0.3, 0.4) is 0 Å². The van der Waals surface area contributed by atoms with E-state index in [9.17, 15) is 9.90 Å². The average molecular weight is 328 g/mol. The van der Waals surface area contributed by atoms with Gasteiger partial charge in [0.25, 0.3) is 0 Å². The molecular weight excluding hydrogens is 290 g/mol. The van der Waals surface area contributed by atoms with E-state index in [0.29, 0.717) is 25.2 Å². The van der Waals surface area contributed by atoms with Gasteiger partial charge in [-0.15, -0.1) is 0 Å². The van der Waals surface area contributed by atoms with Crippen LogP contribution in [0.5, 0.6) is 0 Å². The van der Waals surface area contributed by atoms with Crippen LogP contribution in [-0.4, -0.2) is 70.7 Å². The van der Waals surface area contributed by atoms with E-state index in [0.717, 1.165) is 32.4 Å². The van der Waals surface area contributed by atoms with Gasteiger partial charge in [-0.2, -0.15) is 0 Å². The molecule has 0 radical (unpaired) electrons. The fraction of sp³-hybridized carbons (Fsp3) is 0.944. The molecule has 2 N–H and O–H groups in total. The molecule has 1 rings (SSSR count).